The molecule has 0 fully saturated rings. The first-order valence-electron chi connectivity index (χ1n) is 4.46. The van der Waals surface area contributed by atoms with Crippen LogP contribution >= 0.6 is 0 Å². The Morgan fingerprint density at radius 2 is 2.21 bits per heavy atom. The molecule has 0 amide bonds. The van der Waals surface area contributed by atoms with E-state index in [1.54, 1.807) is 6.20 Å². The maximum atomic E-state index is 8.92. The van der Waals surface area contributed by atoms with Crippen molar-refractivity contribution in [3.05, 3.63) is 29.5 Å². The van der Waals surface area contributed by atoms with Crippen molar-refractivity contribution in [1.29, 1.82) is 5.26 Å². The number of nitrogens with zero attached hydrogens (tertiary/aromatic N) is 1. The fraction of sp³-hybridized carbons (Fsp3) is 0.182. The molecule has 3 nitrogen and oxygen atoms in total. The molecule has 0 radical (unpaired) electrons. The molecule has 2 aromatic rings. The van der Waals surface area contributed by atoms with Crippen molar-refractivity contribution in [2.24, 2.45) is 0 Å². The van der Waals surface area contributed by atoms with Crippen LogP contribution in [0.4, 0.5) is 5.69 Å². The maximum absolute atomic E-state index is 8.92. The van der Waals surface area contributed by atoms with Gasteiger partial charge in [-0.3, -0.25) is 0 Å². The highest BCUT2D eigenvalue weighted by Crippen LogP contribution is 2.27. The van der Waals surface area contributed by atoms with Crippen LogP contribution in [0.2, 0.25) is 0 Å². The number of hydrogen-bond acceptors (Lipinski definition) is 2. The zero-order valence-corrected chi connectivity index (χ0v) is 8.18. The molecular formula is C11H11N3. The van der Waals surface area contributed by atoms with E-state index in [1.807, 2.05) is 26.1 Å². The van der Waals surface area contributed by atoms with Gasteiger partial charge < -0.3 is 10.3 Å². The number of aryl methyl sites for hydroxylation is 1. The minimum Gasteiger partial charge on any atom is -0.386 e. The van der Waals surface area contributed by atoms with Gasteiger partial charge >= 0.3 is 0 Å². The average Bonchev–Trinajstić information content (AvgIpc) is 2.63. The van der Waals surface area contributed by atoms with E-state index in [0.29, 0.717) is 5.56 Å². The number of nitrogens with one attached hydrogen (secondary N) is 2. The SMILES string of the molecule is CNc1ccc(C)c2c(C#N)c[nH]c12. The summed E-state index contributed by atoms with van der Waals surface area (Å²) in [6.45, 7) is 2.01. The molecule has 1 aromatic heterocycles. The molecule has 14 heavy (non-hydrogen) atoms. The van der Waals surface area contributed by atoms with E-state index in [1.165, 1.54) is 0 Å². The van der Waals surface area contributed by atoms with Crippen molar-refractivity contribution in [1.82, 2.24) is 4.98 Å². The van der Waals surface area contributed by atoms with Crippen LogP contribution in [-0.4, -0.2) is 12.0 Å². The minimum atomic E-state index is 0.703. The molecule has 0 spiro atoms. The largest absolute Gasteiger partial charge is 0.386 e. The average molecular weight is 185 g/mol. The number of hydrogen-bond donors (Lipinski definition) is 2. The normalized spacial score (nSPS) is 10.1. The van der Waals surface area contributed by atoms with Gasteiger partial charge in [-0.15, -0.1) is 0 Å². The van der Waals surface area contributed by atoms with Crippen molar-refractivity contribution in [3.63, 3.8) is 0 Å². The highest BCUT2D eigenvalue weighted by molar-refractivity contribution is 5.97. The first-order valence-corrected chi connectivity index (χ1v) is 4.46. The van der Waals surface area contributed by atoms with Crippen molar-refractivity contribution in [2.45, 2.75) is 6.92 Å². The lowest BCUT2D eigenvalue weighted by atomic mass is 10.1. The highest BCUT2D eigenvalue weighted by Gasteiger charge is 2.08. The van der Waals surface area contributed by atoms with E-state index in [0.717, 1.165) is 22.2 Å². The highest BCUT2D eigenvalue weighted by atomic mass is 14.9. The number of anilines is 1. The first kappa shape index (κ1) is 8.64. The van der Waals surface area contributed by atoms with Crippen LogP contribution in [0, 0.1) is 18.3 Å². The van der Waals surface area contributed by atoms with Crippen LogP contribution in [-0.2, 0) is 0 Å². The molecule has 0 saturated heterocycles. The van der Waals surface area contributed by atoms with Crippen LogP contribution in [0.1, 0.15) is 11.1 Å². The van der Waals surface area contributed by atoms with Gasteiger partial charge in [0.2, 0.25) is 0 Å². The topological polar surface area (TPSA) is 51.6 Å². The summed E-state index contributed by atoms with van der Waals surface area (Å²) in [4.78, 5) is 3.11. The summed E-state index contributed by atoms with van der Waals surface area (Å²) in [7, 11) is 1.87. The zero-order chi connectivity index (χ0) is 10.1. The maximum Gasteiger partial charge on any atom is 0.101 e. The molecule has 2 rings (SSSR count). The smallest absolute Gasteiger partial charge is 0.101 e. The van der Waals surface area contributed by atoms with Gasteiger partial charge in [0.15, 0.2) is 0 Å². The lowest BCUT2D eigenvalue weighted by Crippen LogP contribution is -1.90. The van der Waals surface area contributed by atoms with Crippen molar-refractivity contribution in [2.75, 3.05) is 12.4 Å². The van der Waals surface area contributed by atoms with Gasteiger partial charge in [-0.2, -0.15) is 5.26 Å². The lowest BCUT2D eigenvalue weighted by Gasteiger charge is -2.03. The third kappa shape index (κ3) is 1.05. The second-order valence-electron chi connectivity index (χ2n) is 3.24. The molecule has 0 bridgehead atoms. The van der Waals surface area contributed by atoms with Crippen LogP contribution < -0.4 is 5.32 Å². The summed E-state index contributed by atoms with van der Waals surface area (Å²) in [6.07, 6.45) is 1.75. The zero-order valence-electron chi connectivity index (χ0n) is 8.18. The molecule has 1 aromatic carbocycles. The number of rotatable bonds is 1. The van der Waals surface area contributed by atoms with Gasteiger partial charge in [0.05, 0.1) is 16.8 Å². The molecule has 0 aliphatic carbocycles. The molecule has 1 heterocycles. The van der Waals surface area contributed by atoms with Gasteiger partial charge in [0.1, 0.15) is 6.07 Å². The third-order valence-corrected chi connectivity index (χ3v) is 2.43. The second kappa shape index (κ2) is 3.08. The molecule has 0 aliphatic rings. The summed E-state index contributed by atoms with van der Waals surface area (Å²) in [6, 6.07) is 6.21. The Bertz CT molecular complexity index is 517. The quantitative estimate of drug-likeness (QED) is 0.716. The minimum absolute atomic E-state index is 0.703. The molecule has 0 unspecified atom stereocenters. The van der Waals surface area contributed by atoms with Gasteiger partial charge in [0.25, 0.3) is 0 Å². The summed E-state index contributed by atoms with van der Waals surface area (Å²) in [5, 5.41) is 13.0. The van der Waals surface area contributed by atoms with Crippen molar-refractivity contribution in [3.8, 4) is 6.07 Å². The van der Waals surface area contributed by atoms with Gasteiger partial charge in [0, 0.05) is 18.6 Å². The Kier molecular flexibility index (Phi) is 1.90. The Balaban J connectivity index is 2.89. The predicted octanol–water partition coefficient (Wildman–Crippen LogP) is 2.39. The summed E-state index contributed by atoms with van der Waals surface area (Å²) in [5.41, 5.74) is 3.85. The number of nitriles is 1. The Hall–Kier alpha value is -1.95. The standard InChI is InChI=1S/C11H11N3/c1-7-3-4-9(13-2)11-10(7)8(5-12)6-14-11/h3-4,6,13-14H,1-2H3. The number of aromatic amines is 1. The first-order chi connectivity index (χ1) is 6.77. The lowest BCUT2D eigenvalue weighted by molar-refractivity contribution is 1.43. The molecule has 2 N–H and O–H groups in total. The van der Waals surface area contributed by atoms with Crippen LogP contribution in [0.5, 0.6) is 0 Å². The number of fused-ring (bicyclic) bond motifs is 1. The summed E-state index contributed by atoms with van der Waals surface area (Å²) >= 11 is 0. The van der Waals surface area contributed by atoms with Gasteiger partial charge in [-0.1, -0.05) is 6.07 Å². The number of benzene rings is 1. The van der Waals surface area contributed by atoms with Crippen LogP contribution in [0.25, 0.3) is 10.9 Å². The number of H-pyrrole nitrogens is 1. The van der Waals surface area contributed by atoms with E-state index >= 15 is 0 Å². The monoisotopic (exact) mass is 185 g/mol. The second-order valence-corrected chi connectivity index (χ2v) is 3.24. The summed E-state index contributed by atoms with van der Waals surface area (Å²) < 4.78 is 0. The van der Waals surface area contributed by atoms with E-state index in [4.69, 9.17) is 5.26 Å². The van der Waals surface area contributed by atoms with Crippen molar-refractivity contribution >= 4 is 16.6 Å². The van der Waals surface area contributed by atoms with E-state index < -0.39 is 0 Å². The molecule has 0 saturated carbocycles. The van der Waals surface area contributed by atoms with E-state index in [2.05, 4.69) is 16.4 Å². The fourth-order valence-corrected chi connectivity index (χ4v) is 1.72. The van der Waals surface area contributed by atoms with Crippen LogP contribution in [0.15, 0.2) is 18.3 Å². The van der Waals surface area contributed by atoms with Crippen molar-refractivity contribution < 1.29 is 0 Å². The van der Waals surface area contributed by atoms with Gasteiger partial charge in [-0.25, -0.2) is 0 Å². The van der Waals surface area contributed by atoms with Crippen LogP contribution in [0.3, 0.4) is 0 Å². The predicted molar refractivity (Wildman–Crippen MR) is 57.3 cm³/mol. The molecule has 0 atom stereocenters. The Labute approximate surface area is 82.4 Å². The van der Waals surface area contributed by atoms with E-state index in [9.17, 15) is 0 Å². The van der Waals surface area contributed by atoms with Gasteiger partial charge in [-0.05, 0) is 18.6 Å². The Morgan fingerprint density at radius 3 is 2.86 bits per heavy atom. The summed E-state index contributed by atoms with van der Waals surface area (Å²) in [5.74, 6) is 0. The fourth-order valence-electron chi connectivity index (χ4n) is 1.72. The number of aromatic nitrogens is 1. The molecule has 3 heteroatoms. The molecule has 0 aliphatic heterocycles. The van der Waals surface area contributed by atoms with E-state index in [-0.39, 0.29) is 0 Å². The Morgan fingerprint density at radius 1 is 1.43 bits per heavy atom. The molecular weight excluding hydrogens is 174 g/mol. The molecule has 70 valence electrons. The third-order valence-electron chi connectivity index (χ3n) is 2.43.